The van der Waals surface area contributed by atoms with E-state index < -0.39 is 0 Å². The minimum Gasteiger partial charge on any atom is -0.376 e. The highest BCUT2D eigenvalue weighted by molar-refractivity contribution is 5.94. The highest BCUT2D eigenvalue weighted by Gasteiger charge is 2.05. The third-order valence-electron chi connectivity index (χ3n) is 2.96. The van der Waals surface area contributed by atoms with Crippen molar-refractivity contribution in [1.82, 2.24) is 0 Å². The van der Waals surface area contributed by atoms with Crippen molar-refractivity contribution in [2.45, 2.75) is 13.8 Å². The molecule has 20 heavy (non-hydrogen) atoms. The van der Waals surface area contributed by atoms with Crippen LogP contribution in [0, 0.1) is 19.7 Å². The molecule has 0 unspecified atom stereocenters. The maximum atomic E-state index is 12.7. The van der Waals surface area contributed by atoms with Gasteiger partial charge in [-0.3, -0.25) is 4.79 Å². The average Bonchev–Trinajstić information content (AvgIpc) is 2.42. The first-order chi connectivity index (χ1) is 9.54. The molecular weight excluding hydrogens is 255 g/mol. The van der Waals surface area contributed by atoms with Crippen LogP contribution in [0.15, 0.2) is 42.5 Å². The van der Waals surface area contributed by atoms with Crippen LogP contribution in [0.4, 0.5) is 15.8 Å². The fraction of sp³-hybridized carbons (Fsp3) is 0.188. The zero-order chi connectivity index (χ0) is 14.5. The summed E-state index contributed by atoms with van der Waals surface area (Å²) in [6.45, 7) is 4.06. The maximum absolute atomic E-state index is 12.7. The number of hydrogen-bond donors (Lipinski definition) is 2. The Morgan fingerprint density at radius 3 is 2.50 bits per heavy atom. The summed E-state index contributed by atoms with van der Waals surface area (Å²) in [7, 11) is 0. The molecule has 0 aliphatic rings. The molecule has 4 heteroatoms. The summed E-state index contributed by atoms with van der Waals surface area (Å²) in [6, 6.07) is 11.8. The number of nitrogens with one attached hydrogen (secondary N) is 2. The average molecular weight is 272 g/mol. The lowest BCUT2D eigenvalue weighted by Gasteiger charge is -2.10. The van der Waals surface area contributed by atoms with Gasteiger partial charge in [0.1, 0.15) is 5.82 Å². The van der Waals surface area contributed by atoms with Gasteiger partial charge >= 0.3 is 0 Å². The van der Waals surface area contributed by atoms with E-state index in [2.05, 4.69) is 10.6 Å². The largest absolute Gasteiger partial charge is 0.376 e. The number of halogens is 1. The molecule has 0 radical (unpaired) electrons. The van der Waals surface area contributed by atoms with Gasteiger partial charge in [0.25, 0.3) is 0 Å². The van der Waals surface area contributed by atoms with Gasteiger partial charge in [-0.25, -0.2) is 4.39 Å². The van der Waals surface area contributed by atoms with Gasteiger partial charge in [-0.05, 0) is 55.3 Å². The molecule has 2 aromatic rings. The van der Waals surface area contributed by atoms with E-state index in [0.29, 0.717) is 5.69 Å². The van der Waals surface area contributed by atoms with E-state index in [1.807, 2.05) is 32.0 Å². The summed E-state index contributed by atoms with van der Waals surface area (Å²) < 4.78 is 12.7. The molecular formula is C16H17FN2O. The van der Waals surface area contributed by atoms with E-state index in [0.717, 1.165) is 16.8 Å². The Hall–Kier alpha value is -2.36. The van der Waals surface area contributed by atoms with E-state index in [-0.39, 0.29) is 18.3 Å². The second-order valence-electron chi connectivity index (χ2n) is 4.73. The molecule has 0 saturated carbocycles. The molecule has 1 amide bonds. The fourth-order valence-electron chi connectivity index (χ4n) is 1.81. The molecule has 104 valence electrons. The van der Waals surface area contributed by atoms with E-state index in [1.54, 1.807) is 12.1 Å². The van der Waals surface area contributed by atoms with Gasteiger partial charge in [-0.15, -0.1) is 0 Å². The van der Waals surface area contributed by atoms with Crippen LogP contribution < -0.4 is 10.6 Å². The minimum atomic E-state index is -0.296. The summed E-state index contributed by atoms with van der Waals surface area (Å²) in [6.07, 6.45) is 0. The number of benzene rings is 2. The number of amides is 1. The van der Waals surface area contributed by atoms with Crippen molar-refractivity contribution in [3.8, 4) is 0 Å². The lowest BCUT2D eigenvalue weighted by molar-refractivity contribution is -0.114. The molecule has 2 rings (SSSR count). The predicted molar refractivity (Wildman–Crippen MR) is 79.4 cm³/mol. The third kappa shape index (κ3) is 3.82. The highest BCUT2D eigenvalue weighted by atomic mass is 19.1. The molecule has 0 spiro atoms. The quantitative estimate of drug-likeness (QED) is 0.894. The van der Waals surface area contributed by atoms with E-state index in [9.17, 15) is 9.18 Å². The van der Waals surface area contributed by atoms with Gasteiger partial charge in [0.15, 0.2) is 0 Å². The Morgan fingerprint density at radius 2 is 1.80 bits per heavy atom. The van der Waals surface area contributed by atoms with Crippen LogP contribution in [0.2, 0.25) is 0 Å². The molecule has 0 aliphatic carbocycles. The van der Waals surface area contributed by atoms with Crippen molar-refractivity contribution in [3.63, 3.8) is 0 Å². The Kier molecular flexibility index (Phi) is 4.35. The molecule has 0 aromatic heterocycles. The number of carbonyl (C=O) groups is 1. The first-order valence-electron chi connectivity index (χ1n) is 6.41. The topological polar surface area (TPSA) is 41.1 Å². The van der Waals surface area contributed by atoms with Gasteiger partial charge < -0.3 is 10.6 Å². The van der Waals surface area contributed by atoms with Gasteiger partial charge in [0, 0.05) is 11.4 Å². The first-order valence-corrected chi connectivity index (χ1v) is 6.41. The number of carbonyl (C=O) groups excluding carboxylic acids is 1. The Labute approximate surface area is 117 Å². The standard InChI is InChI=1S/C16H17FN2O/c1-11-3-4-12(2)15(9-11)19-16(20)10-18-14-7-5-13(17)6-8-14/h3-9,18H,10H2,1-2H3,(H,19,20). The normalized spacial score (nSPS) is 10.2. The van der Waals surface area contributed by atoms with Crippen molar-refractivity contribution in [2.24, 2.45) is 0 Å². The summed E-state index contributed by atoms with van der Waals surface area (Å²) >= 11 is 0. The summed E-state index contributed by atoms with van der Waals surface area (Å²) in [5, 5.41) is 5.80. The van der Waals surface area contributed by atoms with Crippen LogP contribution in [0.3, 0.4) is 0 Å². The number of hydrogen-bond acceptors (Lipinski definition) is 2. The van der Waals surface area contributed by atoms with Crippen molar-refractivity contribution in [2.75, 3.05) is 17.2 Å². The molecule has 0 saturated heterocycles. The van der Waals surface area contributed by atoms with Crippen LogP contribution in [-0.2, 0) is 4.79 Å². The van der Waals surface area contributed by atoms with E-state index >= 15 is 0 Å². The van der Waals surface area contributed by atoms with Crippen LogP contribution in [0.25, 0.3) is 0 Å². The molecule has 0 heterocycles. The summed E-state index contributed by atoms with van der Waals surface area (Å²) in [4.78, 5) is 11.9. The van der Waals surface area contributed by atoms with Crippen molar-refractivity contribution in [3.05, 3.63) is 59.4 Å². The molecule has 2 N–H and O–H groups in total. The van der Waals surface area contributed by atoms with Crippen molar-refractivity contribution < 1.29 is 9.18 Å². The van der Waals surface area contributed by atoms with Crippen LogP contribution in [0.5, 0.6) is 0 Å². The number of anilines is 2. The lowest BCUT2D eigenvalue weighted by atomic mass is 10.1. The molecule has 0 fully saturated rings. The number of rotatable bonds is 4. The van der Waals surface area contributed by atoms with Crippen LogP contribution in [-0.4, -0.2) is 12.5 Å². The van der Waals surface area contributed by atoms with E-state index in [1.165, 1.54) is 12.1 Å². The van der Waals surface area contributed by atoms with Crippen molar-refractivity contribution >= 4 is 17.3 Å². The minimum absolute atomic E-state index is 0.136. The first kappa shape index (κ1) is 14.1. The Bertz CT molecular complexity index is 608. The van der Waals surface area contributed by atoms with Crippen LogP contribution >= 0.6 is 0 Å². The Morgan fingerprint density at radius 1 is 1.10 bits per heavy atom. The van der Waals surface area contributed by atoms with Gasteiger partial charge in [0.05, 0.1) is 6.54 Å². The molecule has 0 atom stereocenters. The zero-order valence-corrected chi connectivity index (χ0v) is 11.5. The highest BCUT2D eigenvalue weighted by Crippen LogP contribution is 2.16. The molecule has 0 bridgehead atoms. The predicted octanol–water partition coefficient (Wildman–Crippen LogP) is 3.49. The van der Waals surface area contributed by atoms with Crippen LogP contribution in [0.1, 0.15) is 11.1 Å². The van der Waals surface area contributed by atoms with Gasteiger partial charge in [-0.2, -0.15) is 0 Å². The summed E-state index contributed by atoms with van der Waals surface area (Å²) in [5.74, 6) is -0.432. The smallest absolute Gasteiger partial charge is 0.243 e. The zero-order valence-electron chi connectivity index (χ0n) is 11.5. The Balaban J connectivity index is 1.92. The molecule has 3 nitrogen and oxygen atoms in total. The molecule has 2 aromatic carbocycles. The number of aryl methyl sites for hydroxylation is 2. The summed E-state index contributed by atoms with van der Waals surface area (Å²) in [5.41, 5.74) is 3.64. The van der Waals surface area contributed by atoms with Gasteiger partial charge in [-0.1, -0.05) is 12.1 Å². The van der Waals surface area contributed by atoms with E-state index in [4.69, 9.17) is 0 Å². The SMILES string of the molecule is Cc1ccc(C)c(NC(=O)CNc2ccc(F)cc2)c1. The van der Waals surface area contributed by atoms with Crippen molar-refractivity contribution in [1.29, 1.82) is 0 Å². The third-order valence-corrected chi connectivity index (χ3v) is 2.96. The second kappa shape index (κ2) is 6.19. The van der Waals surface area contributed by atoms with Gasteiger partial charge in [0.2, 0.25) is 5.91 Å². The maximum Gasteiger partial charge on any atom is 0.243 e. The monoisotopic (exact) mass is 272 g/mol. The fourth-order valence-corrected chi connectivity index (χ4v) is 1.81. The second-order valence-corrected chi connectivity index (χ2v) is 4.73. The lowest BCUT2D eigenvalue weighted by Crippen LogP contribution is -2.22. The molecule has 0 aliphatic heterocycles.